The summed E-state index contributed by atoms with van der Waals surface area (Å²) in [6, 6.07) is 0. The molecule has 1 atom stereocenters. The molecule has 0 N–H and O–H groups in total. The number of ketones is 1. The molecule has 74 valence electrons. The maximum atomic E-state index is 10.9. The van der Waals surface area contributed by atoms with Crippen LogP contribution in [0.1, 0.15) is 13.3 Å². The number of carbonyl (C=O) groups is 2. The maximum absolute atomic E-state index is 10.9. The van der Waals surface area contributed by atoms with Crippen LogP contribution < -0.4 is 0 Å². The van der Waals surface area contributed by atoms with Crippen molar-refractivity contribution in [1.82, 2.24) is 0 Å². The largest absolute Gasteiger partial charge is 0.462 e. The molecule has 0 saturated carbocycles. The van der Waals surface area contributed by atoms with Crippen LogP contribution in [-0.4, -0.2) is 37.9 Å². The first-order valence-electron chi connectivity index (χ1n) is 4.03. The number of carbonyl (C=O) groups excluding carboxylic acids is 2. The summed E-state index contributed by atoms with van der Waals surface area (Å²) in [4.78, 5) is 21.4. The molecule has 0 spiro atoms. The standard InChI is InChI=1S/C8H12O5/c1-6(9)2-8(10)12-4-7-3-11-5-13-7/h7H,2-5H2,1H3. The van der Waals surface area contributed by atoms with Crippen molar-refractivity contribution in [3.63, 3.8) is 0 Å². The monoisotopic (exact) mass is 188 g/mol. The van der Waals surface area contributed by atoms with Gasteiger partial charge in [-0.25, -0.2) is 0 Å². The molecule has 1 fully saturated rings. The van der Waals surface area contributed by atoms with Gasteiger partial charge < -0.3 is 14.2 Å². The van der Waals surface area contributed by atoms with Crippen molar-refractivity contribution < 1.29 is 23.8 Å². The van der Waals surface area contributed by atoms with E-state index in [2.05, 4.69) is 0 Å². The highest BCUT2D eigenvalue weighted by Crippen LogP contribution is 2.03. The topological polar surface area (TPSA) is 61.8 Å². The zero-order valence-electron chi connectivity index (χ0n) is 7.45. The van der Waals surface area contributed by atoms with Crippen molar-refractivity contribution >= 4 is 11.8 Å². The molecule has 13 heavy (non-hydrogen) atoms. The Labute approximate surface area is 76.0 Å². The van der Waals surface area contributed by atoms with Gasteiger partial charge in [0.2, 0.25) is 0 Å². The lowest BCUT2D eigenvalue weighted by molar-refractivity contribution is -0.148. The summed E-state index contributed by atoms with van der Waals surface area (Å²) in [5, 5.41) is 0. The summed E-state index contributed by atoms with van der Waals surface area (Å²) in [7, 11) is 0. The molecule has 0 radical (unpaired) electrons. The summed E-state index contributed by atoms with van der Waals surface area (Å²) in [6.07, 6.45) is -0.357. The van der Waals surface area contributed by atoms with Crippen molar-refractivity contribution in [3.05, 3.63) is 0 Å². The first-order chi connectivity index (χ1) is 6.18. The molecular weight excluding hydrogens is 176 g/mol. The second-order valence-electron chi connectivity index (χ2n) is 2.84. The number of ether oxygens (including phenoxy) is 3. The van der Waals surface area contributed by atoms with Crippen molar-refractivity contribution in [2.24, 2.45) is 0 Å². The molecule has 1 rings (SSSR count). The van der Waals surface area contributed by atoms with Gasteiger partial charge in [-0.2, -0.15) is 0 Å². The van der Waals surface area contributed by atoms with E-state index in [0.717, 1.165) is 0 Å². The number of rotatable bonds is 4. The lowest BCUT2D eigenvalue weighted by Crippen LogP contribution is -2.21. The minimum Gasteiger partial charge on any atom is -0.462 e. The fourth-order valence-corrected chi connectivity index (χ4v) is 0.908. The van der Waals surface area contributed by atoms with Gasteiger partial charge in [-0.15, -0.1) is 0 Å². The number of Topliss-reactive ketones (excluding diaryl/α,β-unsaturated/α-hetero) is 1. The smallest absolute Gasteiger partial charge is 0.313 e. The Morgan fingerprint density at radius 3 is 2.85 bits per heavy atom. The molecule has 0 bridgehead atoms. The minimum atomic E-state index is -0.511. The van der Waals surface area contributed by atoms with E-state index in [1.807, 2.05) is 0 Å². The third kappa shape index (κ3) is 4.00. The highest BCUT2D eigenvalue weighted by molar-refractivity contribution is 5.94. The summed E-state index contributed by atoms with van der Waals surface area (Å²) in [6.45, 7) is 2.19. The predicted molar refractivity (Wildman–Crippen MR) is 41.9 cm³/mol. The zero-order valence-corrected chi connectivity index (χ0v) is 7.45. The Kier molecular flexibility index (Phi) is 3.85. The summed E-state index contributed by atoms with van der Waals surface area (Å²) in [5.74, 6) is -0.711. The fraction of sp³-hybridized carbons (Fsp3) is 0.750. The van der Waals surface area contributed by atoms with Crippen molar-refractivity contribution in [2.75, 3.05) is 20.0 Å². The molecule has 0 aromatic carbocycles. The SMILES string of the molecule is CC(=O)CC(=O)OCC1COCO1. The lowest BCUT2D eigenvalue weighted by Gasteiger charge is -2.07. The van der Waals surface area contributed by atoms with Crippen LogP contribution in [0.25, 0.3) is 0 Å². The highest BCUT2D eigenvalue weighted by atomic mass is 16.7. The molecule has 0 amide bonds. The molecule has 5 nitrogen and oxygen atoms in total. The molecule has 0 aliphatic carbocycles. The second-order valence-corrected chi connectivity index (χ2v) is 2.84. The molecule has 5 heteroatoms. The van der Waals surface area contributed by atoms with Crippen LogP contribution in [-0.2, 0) is 23.8 Å². The van der Waals surface area contributed by atoms with Gasteiger partial charge in [-0.3, -0.25) is 9.59 Å². The summed E-state index contributed by atoms with van der Waals surface area (Å²) >= 11 is 0. The quantitative estimate of drug-likeness (QED) is 0.454. The van der Waals surface area contributed by atoms with Gasteiger partial charge in [0.1, 0.15) is 31.7 Å². The Morgan fingerprint density at radius 2 is 2.31 bits per heavy atom. The van der Waals surface area contributed by atoms with Crippen LogP contribution in [0, 0.1) is 0 Å². The average Bonchev–Trinajstić information content (AvgIpc) is 2.51. The van der Waals surface area contributed by atoms with Gasteiger partial charge in [0, 0.05) is 0 Å². The summed E-state index contributed by atoms with van der Waals surface area (Å²) in [5.41, 5.74) is 0. The Bertz CT molecular complexity index is 195. The molecular formula is C8H12O5. The van der Waals surface area contributed by atoms with Crippen LogP contribution >= 0.6 is 0 Å². The number of hydrogen-bond acceptors (Lipinski definition) is 5. The molecule has 0 aromatic rings. The molecule has 1 saturated heterocycles. The van der Waals surface area contributed by atoms with Crippen LogP contribution in [0.5, 0.6) is 0 Å². The molecule has 1 heterocycles. The number of hydrogen-bond donors (Lipinski definition) is 0. The summed E-state index contributed by atoms with van der Waals surface area (Å²) < 4.78 is 14.7. The van der Waals surface area contributed by atoms with Crippen molar-refractivity contribution in [1.29, 1.82) is 0 Å². The Balaban J connectivity index is 2.10. The highest BCUT2D eigenvalue weighted by Gasteiger charge is 2.18. The Morgan fingerprint density at radius 1 is 1.54 bits per heavy atom. The van der Waals surface area contributed by atoms with E-state index >= 15 is 0 Å². The Hall–Kier alpha value is -0.940. The van der Waals surface area contributed by atoms with E-state index in [0.29, 0.717) is 6.61 Å². The molecule has 1 aliphatic rings. The van der Waals surface area contributed by atoms with E-state index in [9.17, 15) is 9.59 Å². The molecule has 0 aromatic heterocycles. The van der Waals surface area contributed by atoms with E-state index in [1.165, 1.54) is 6.92 Å². The van der Waals surface area contributed by atoms with Crippen LogP contribution in [0.15, 0.2) is 0 Å². The first kappa shape index (κ1) is 10.1. The minimum absolute atomic E-state index is 0.159. The van der Waals surface area contributed by atoms with Crippen molar-refractivity contribution in [2.45, 2.75) is 19.4 Å². The van der Waals surface area contributed by atoms with Gasteiger partial charge in [0.15, 0.2) is 0 Å². The van der Waals surface area contributed by atoms with Gasteiger partial charge in [0.05, 0.1) is 6.61 Å². The fourth-order valence-electron chi connectivity index (χ4n) is 0.908. The van der Waals surface area contributed by atoms with Gasteiger partial charge >= 0.3 is 5.97 Å². The van der Waals surface area contributed by atoms with Crippen LogP contribution in [0.4, 0.5) is 0 Å². The first-order valence-corrected chi connectivity index (χ1v) is 4.03. The average molecular weight is 188 g/mol. The predicted octanol–water partition coefficient (Wildman–Crippen LogP) is -0.118. The van der Waals surface area contributed by atoms with E-state index < -0.39 is 5.97 Å². The third-order valence-electron chi connectivity index (χ3n) is 1.51. The number of esters is 1. The normalized spacial score (nSPS) is 21.5. The maximum Gasteiger partial charge on any atom is 0.313 e. The second kappa shape index (κ2) is 4.94. The van der Waals surface area contributed by atoms with E-state index in [-0.39, 0.29) is 31.7 Å². The van der Waals surface area contributed by atoms with E-state index in [1.54, 1.807) is 0 Å². The van der Waals surface area contributed by atoms with Crippen molar-refractivity contribution in [3.8, 4) is 0 Å². The van der Waals surface area contributed by atoms with Gasteiger partial charge in [-0.05, 0) is 6.92 Å². The molecule has 1 unspecified atom stereocenters. The third-order valence-corrected chi connectivity index (χ3v) is 1.51. The van der Waals surface area contributed by atoms with Gasteiger partial charge in [-0.1, -0.05) is 0 Å². The lowest BCUT2D eigenvalue weighted by atomic mass is 10.3. The zero-order chi connectivity index (χ0) is 9.68. The molecule has 1 aliphatic heterocycles. The van der Waals surface area contributed by atoms with E-state index in [4.69, 9.17) is 14.2 Å². The van der Waals surface area contributed by atoms with Crippen LogP contribution in [0.2, 0.25) is 0 Å². The van der Waals surface area contributed by atoms with Gasteiger partial charge in [0.25, 0.3) is 0 Å². The van der Waals surface area contributed by atoms with Crippen LogP contribution in [0.3, 0.4) is 0 Å².